The van der Waals surface area contributed by atoms with E-state index in [0.717, 1.165) is 13.2 Å². The van der Waals surface area contributed by atoms with Gasteiger partial charge in [0.1, 0.15) is 5.56 Å². The van der Waals surface area contributed by atoms with Crippen LogP contribution in [0.2, 0.25) is 0 Å². The fraction of sp³-hybridized carbons (Fsp3) is 0.273. The fourth-order valence-electron chi connectivity index (χ4n) is 1.34. The van der Waals surface area contributed by atoms with Crippen molar-refractivity contribution in [2.45, 2.75) is 17.0 Å². The molecule has 0 N–H and O–H groups in total. The van der Waals surface area contributed by atoms with E-state index in [-0.39, 0.29) is 5.56 Å². The highest BCUT2D eigenvalue weighted by molar-refractivity contribution is 8.00. The van der Waals surface area contributed by atoms with Crippen LogP contribution in [0.1, 0.15) is 15.9 Å². The monoisotopic (exact) mass is 327 g/mol. The van der Waals surface area contributed by atoms with E-state index in [2.05, 4.69) is 9.47 Å². The zero-order valence-corrected chi connectivity index (χ0v) is 11.0. The molecule has 1 rings (SSSR count). The molecule has 0 aliphatic heterocycles. The van der Waals surface area contributed by atoms with E-state index in [1.165, 1.54) is 6.07 Å². The molecule has 0 aliphatic rings. The van der Waals surface area contributed by atoms with E-state index in [1.807, 2.05) is 0 Å². The number of carbonyl (C=O) groups is 1. The van der Waals surface area contributed by atoms with Gasteiger partial charge in [-0.25, -0.2) is 4.79 Å². The highest BCUT2D eigenvalue weighted by Gasteiger charge is 2.33. The van der Waals surface area contributed by atoms with Gasteiger partial charge in [-0.2, -0.15) is 27.2 Å². The van der Waals surface area contributed by atoms with Crippen molar-refractivity contribution in [2.24, 2.45) is 0 Å². The highest BCUT2D eigenvalue weighted by atomic mass is 32.2. The van der Waals surface area contributed by atoms with Crippen LogP contribution in [0.15, 0.2) is 17.0 Å². The molecule has 0 aromatic heterocycles. The summed E-state index contributed by atoms with van der Waals surface area (Å²) in [6.45, 7) is -3.45. The first-order chi connectivity index (χ1) is 9.67. The SMILES string of the molecule is COC(=O)c1cc(C#N)cc(SC(F)(F)F)c1OC(F)F. The highest BCUT2D eigenvalue weighted by Crippen LogP contribution is 2.44. The molecule has 21 heavy (non-hydrogen) atoms. The van der Waals surface area contributed by atoms with Gasteiger partial charge in [-0.15, -0.1) is 0 Å². The zero-order valence-electron chi connectivity index (χ0n) is 10.2. The first-order valence-electron chi connectivity index (χ1n) is 5.05. The molecule has 0 saturated carbocycles. The Labute approximate surface area is 119 Å². The number of esters is 1. The maximum Gasteiger partial charge on any atom is 0.446 e. The molecule has 0 unspecified atom stereocenters. The van der Waals surface area contributed by atoms with E-state index >= 15 is 0 Å². The Kier molecular flexibility index (Phi) is 5.37. The van der Waals surface area contributed by atoms with Crippen LogP contribution >= 0.6 is 11.8 Å². The van der Waals surface area contributed by atoms with Gasteiger partial charge in [0.05, 0.1) is 23.6 Å². The molecular weight excluding hydrogens is 321 g/mol. The molecule has 0 bridgehead atoms. The number of nitrogens with zero attached hydrogens (tertiary/aromatic N) is 1. The third kappa shape index (κ3) is 4.78. The molecule has 114 valence electrons. The first kappa shape index (κ1) is 17.0. The number of thioether (sulfide) groups is 1. The Morgan fingerprint density at radius 2 is 2.00 bits per heavy atom. The normalized spacial score (nSPS) is 11.1. The summed E-state index contributed by atoms with van der Waals surface area (Å²) in [4.78, 5) is 10.6. The van der Waals surface area contributed by atoms with Crippen molar-refractivity contribution in [1.82, 2.24) is 0 Å². The van der Waals surface area contributed by atoms with Gasteiger partial charge in [0.2, 0.25) is 0 Å². The van der Waals surface area contributed by atoms with Crippen LogP contribution in [0, 0.1) is 11.3 Å². The van der Waals surface area contributed by atoms with Crippen molar-refractivity contribution in [3.8, 4) is 11.8 Å². The Morgan fingerprint density at radius 1 is 1.38 bits per heavy atom. The second-order valence-electron chi connectivity index (χ2n) is 3.38. The maximum absolute atomic E-state index is 12.4. The molecule has 0 saturated heterocycles. The largest absolute Gasteiger partial charge is 0.465 e. The lowest BCUT2D eigenvalue weighted by atomic mass is 10.1. The third-order valence-electron chi connectivity index (χ3n) is 2.02. The minimum absolute atomic E-state index is 0.330. The lowest BCUT2D eigenvalue weighted by Gasteiger charge is -2.15. The lowest BCUT2D eigenvalue weighted by molar-refractivity contribution is -0.0533. The van der Waals surface area contributed by atoms with Crippen molar-refractivity contribution in [1.29, 1.82) is 5.26 Å². The predicted molar refractivity (Wildman–Crippen MR) is 61.0 cm³/mol. The summed E-state index contributed by atoms with van der Waals surface area (Å²) in [6, 6.07) is 3.03. The summed E-state index contributed by atoms with van der Waals surface area (Å²) in [7, 11) is 0.907. The number of ether oxygens (including phenoxy) is 2. The number of nitriles is 1. The van der Waals surface area contributed by atoms with E-state index in [9.17, 15) is 26.7 Å². The summed E-state index contributed by atoms with van der Waals surface area (Å²) in [5.74, 6) is -2.19. The Bertz CT molecular complexity index is 582. The number of alkyl halides is 5. The molecule has 0 atom stereocenters. The smallest absolute Gasteiger partial charge is 0.446 e. The van der Waals surface area contributed by atoms with E-state index < -0.39 is 46.1 Å². The van der Waals surface area contributed by atoms with Crippen molar-refractivity contribution >= 4 is 17.7 Å². The number of carbonyl (C=O) groups excluding carboxylic acids is 1. The molecule has 10 heteroatoms. The molecule has 4 nitrogen and oxygen atoms in total. The second-order valence-corrected chi connectivity index (χ2v) is 4.49. The van der Waals surface area contributed by atoms with Crippen LogP contribution < -0.4 is 4.74 Å². The van der Waals surface area contributed by atoms with Crippen LogP contribution in [-0.4, -0.2) is 25.2 Å². The standard InChI is InChI=1S/C11H6F5NO3S/c1-19-9(18)6-2-5(4-17)3-7(21-11(14,15)16)8(6)20-10(12)13/h2-3,10H,1H3. The van der Waals surface area contributed by atoms with Crippen molar-refractivity contribution in [3.05, 3.63) is 23.3 Å². The van der Waals surface area contributed by atoms with E-state index in [4.69, 9.17) is 5.26 Å². The van der Waals surface area contributed by atoms with Gasteiger partial charge in [-0.3, -0.25) is 0 Å². The predicted octanol–water partition coefficient (Wildman–Crippen LogP) is 3.56. The topological polar surface area (TPSA) is 59.3 Å². The molecular formula is C11H6F5NO3S. The summed E-state index contributed by atoms with van der Waals surface area (Å²) in [5.41, 5.74) is -5.84. The molecule has 0 heterocycles. The van der Waals surface area contributed by atoms with E-state index in [1.54, 1.807) is 0 Å². The number of rotatable bonds is 4. The average molecular weight is 327 g/mol. The minimum Gasteiger partial charge on any atom is -0.465 e. The summed E-state index contributed by atoms with van der Waals surface area (Å²) in [6.07, 6.45) is 0. The Hall–Kier alpha value is -2.02. The molecule has 0 amide bonds. The Balaban J connectivity index is 3.50. The van der Waals surface area contributed by atoms with Crippen molar-refractivity contribution in [2.75, 3.05) is 7.11 Å². The van der Waals surface area contributed by atoms with Crippen LogP contribution in [0.5, 0.6) is 5.75 Å². The molecule has 0 aliphatic carbocycles. The molecule has 1 aromatic carbocycles. The van der Waals surface area contributed by atoms with Gasteiger partial charge in [-0.1, -0.05) is 0 Å². The summed E-state index contributed by atoms with van der Waals surface area (Å²) in [5, 5.41) is 8.73. The summed E-state index contributed by atoms with van der Waals surface area (Å²) < 4.78 is 70.2. The molecule has 0 radical (unpaired) electrons. The Morgan fingerprint density at radius 3 is 2.43 bits per heavy atom. The van der Waals surface area contributed by atoms with Crippen molar-refractivity contribution < 1.29 is 36.2 Å². The minimum atomic E-state index is -4.82. The maximum atomic E-state index is 12.4. The van der Waals surface area contributed by atoms with Crippen LogP contribution in [0.3, 0.4) is 0 Å². The number of hydrogen-bond donors (Lipinski definition) is 0. The summed E-state index contributed by atoms with van der Waals surface area (Å²) >= 11 is -0.776. The van der Waals surface area contributed by atoms with Gasteiger partial charge >= 0.3 is 18.1 Å². The zero-order chi connectivity index (χ0) is 16.2. The number of benzene rings is 1. The number of methoxy groups -OCH3 is 1. The average Bonchev–Trinajstić information content (AvgIpc) is 2.37. The fourth-order valence-corrected chi connectivity index (χ4v) is 2.03. The van der Waals surface area contributed by atoms with Crippen LogP contribution in [0.4, 0.5) is 22.0 Å². The van der Waals surface area contributed by atoms with Gasteiger partial charge < -0.3 is 9.47 Å². The quantitative estimate of drug-likeness (QED) is 0.481. The van der Waals surface area contributed by atoms with Gasteiger partial charge in [0, 0.05) is 0 Å². The van der Waals surface area contributed by atoms with Crippen LogP contribution in [-0.2, 0) is 4.74 Å². The molecule has 1 aromatic rings. The number of halogens is 5. The third-order valence-corrected chi connectivity index (χ3v) is 2.78. The van der Waals surface area contributed by atoms with Crippen LogP contribution in [0.25, 0.3) is 0 Å². The van der Waals surface area contributed by atoms with Gasteiger partial charge in [-0.05, 0) is 23.9 Å². The van der Waals surface area contributed by atoms with Gasteiger partial charge in [0.25, 0.3) is 0 Å². The van der Waals surface area contributed by atoms with Crippen molar-refractivity contribution in [3.63, 3.8) is 0 Å². The second kappa shape index (κ2) is 6.62. The lowest BCUT2D eigenvalue weighted by Crippen LogP contribution is -2.12. The molecule has 0 spiro atoms. The van der Waals surface area contributed by atoms with Gasteiger partial charge in [0.15, 0.2) is 5.75 Å². The number of hydrogen-bond acceptors (Lipinski definition) is 5. The molecule has 0 fully saturated rings. The first-order valence-corrected chi connectivity index (χ1v) is 5.86. The van der Waals surface area contributed by atoms with E-state index in [0.29, 0.717) is 6.07 Å².